The van der Waals surface area contributed by atoms with Crippen LogP contribution >= 0.6 is 0 Å². The molecule has 1 saturated heterocycles. The fourth-order valence-corrected chi connectivity index (χ4v) is 2.74. The van der Waals surface area contributed by atoms with Crippen molar-refractivity contribution in [1.29, 1.82) is 0 Å². The average molecular weight is 289 g/mol. The van der Waals surface area contributed by atoms with Gasteiger partial charge < -0.3 is 10.6 Å². The van der Waals surface area contributed by atoms with E-state index in [4.69, 9.17) is 0 Å². The number of carbonyl (C=O) groups is 1. The fourth-order valence-electron chi connectivity index (χ4n) is 2.74. The van der Waals surface area contributed by atoms with Crippen LogP contribution in [0.4, 0.5) is 0 Å². The summed E-state index contributed by atoms with van der Waals surface area (Å²) in [6, 6.07) is 10.2. The van der Waals surface area contributed by atoms with Gasteiger partial charge in [-0.15, -0.1) is 0 Å². The van der Waals surface area contributed by atoms with Crippen molar-refractivity contribution in [3.05, 3.63) is 35.9 Å². The molecule has 116 valence electrons. The average Bonchev–Trinajstić information content (AvgIpc) is 2.49. The lowest BCUT2D eigenvalue weighted by Gasteiger charge is -2.28. The van der Waals surface area contributed by atoms with Crippen molar-refractivity contribution in [2.45, 2.75) is 25.7 Å². The maximum absolute atomic E-state index is 12.1. The third kappa shape index (κ3) is 5.14. The summed E-state index contributed by atoms with van der Waals surface area (Å²) >= 11 is 0. The van der Waals surface area contributed by atoms with Crippen molar-refractivity contribution < 1.29 is 4.79 Å². The van der Waals surface area contributed by atoms with Gasteiger partial charge in [-0.2, -0.15) is 0 Å². The molecule has 0 spiro atoms. The highest BCUT2D eigenvalue weighted by molar-refractivity contribution is 5.77. The second kappa shape index (κ2) is 7.57. The van der Waals surface area contributed by atoms with Crippen molar-refractivity contribution in [2.75, 3.05) is 39.3 Å². The molecule has 1 aliphatic rings. The Kier molecular flexibility index (Phi) is 5.76. The normalized spacial score (nSPS) is 16.7. The number of nitrogens with one attached hydrogen (secondary N) is 2. The number of piperazine rings is 1. The number of carbonyl (C=O) groups excluding carboxylic acids is 1. The summed E-state index contributed by atoms with van der Waals surface area (Å²) in [6.45, 7) is 10.2. The van der Waals surface area contributed by atoms with Crippen LogP contribution in [0.5, 0.6) is 0 Å². The molecule has 2 N–H and O–H groups in total. The van der Waals surface area contributed by atoms with E-state index >= 15 is 0 Å². The molecule has 1 aromatic carbocycles. The Balaban J connectivity index is 1.73. The molecule has 1 aliphatic heterocycles. The molecule has 0 aromatic heterocycles. The van der Waals surface area contributed by atoms with Crippen LogP contribution in [0.1, 0.15) is 25.8 Å². The van der Waals surface area contributed by atoms with Gasteiger partial charge in [-0.1, -0.05) is 44.2 Å². The lowest BCUT2D eigenvalue weighted by atomic mass is 9.81. The molecule has 0 saturated carbocycles. The van der Waals surface area contributed by atoms with Crippen LogP contribution in [-0.2, 0) is 10.2 Å². The molecule has 1 amide bonds. The predicted octanol–water partition coefficient (Wildman–Crippen LogP) is 1.38. The SMILES string of the molecule is CC(C)(CC(=O)NCCN1CCNCC1)c1ccccc1. The molecule has 0 unspecified atom stereocenters. The van der Waals surface area contributed by atoms with Gasteiger partial charge in [-0.25, -0.2) is 0 Å². The number of benzene rings is 1. The molecule has 4 nitrogen and oxygen atoms in total. The summed E-state index contributed by atoms with van der Waals surface area (Å²) < 4.78 is 0. The maximum atomic E-state index is 12.1. The van der Waals surface area contributed by atoms with E-state index in [-0.39, 0.29) is 11.3 Å². The maximum Gasteiger partial charge on any atom is 0.220 e. The zero-order valence-electron chi connectivity index (χ0n) is 13.2. The van der Waals surface area contributed by atoms with Gasteiger partial charge >= 0.3 is 0 Å². The van der Waals surface area contributed by atoms with Gasteiger partial charge in [0.05, 0.1) is 0 Å². The molecule has 0 radical (unpaired) electrons. The van der Waals surface area contributed by atoms with Crippen LogP contribution in [-0.4, -0.2) is 50.1 Å². The van der Waals surface area contributed by atoms with Crippen LogP contribution in [0.25, 0.3) is 0 Å². The molecule has 1 aromatic rings. The Labute approximate surface area is 127 Å². The summed E-state index contributed by atoms with van der Waals surface area (Å²) in [5.41, 5.74) is 1.09. The van der Waals surface area contributed by atoms with E-state index in [0.29, 0.717) is 6.42 Å². The first kappa shape index (κ1) is 16.0. The number of hydrogen-bond acceptors (Lipinski definition) is 3. The summed E-state index contributed by atoms with van der Waals surface area (Å²) in [6.07, 6.45) is 0.526. The molecule has 21 heavy (non-hydrogen) atoms. The minimum Gasteiger partial charge on any atom is -0.355 e. The van der Waals surface area contributed by atoms with Crippen molar-refractivity contribution in [2.24, 2.45) is 0 Å². The largest absolute Gasteiger partial charge is 0.355 e. The number of amides is 1. The molecule has 0 atom stereocenters. The smallest absolute Gasteiger partial charge is 0.220 e. The van der Waals surface area contributed by atoms with E-state index in [1.54, 1.807) is 0 Å². The van der Waals surface area contributed by atoms with Gasteiger partial charge in [0.25, 0.3) is 0 Å². The van der Waals surface area contributed by atoms with Gasteiger partial charge in [0, 0.05) is 45.7 Å². The third-order valence-corrected chi connectivity index (χ3v) is 4.12. The van der Waals surface area contributed by atoms with E-state index in [2.05, 4.69) is 41.5 Å². The van der Waals surface area contributed by atoms with Crippen LogP contribution in [0, 0.1) is 0 Å². The number of hydrogen-bond donors (Lipinski definition) is 2. The first-order valence-corrected chi connectivity index (χ1v) is 7.83. The van der Waals surface area contributed by atoms with Crippen molar-refractivity contribution in [3.63, 3.8) is 0 Å². The third-order valence-electron chi connectivity index (χ3n) is 4.12. The van der Waals surface area contributed by atoms with Gasteiger partial charge in [0.1, 0.15) is 0 Å². The molecule has 4 heteroatoms. The minimum atomic E-state index is -0.125. The summed E-state index contributed by atoms with van der Waals surface area (Å²) in [4.78, 5) is 14.5. The monoisotopic (exact) mass is 289 g/mol. The summed E-state index contributed by atoms with van der Waals surface area (Å²) in [7, 11) is 0. The second-order valence-electron chi connectivity index (χ2n) is 6.37. The van der Waals surface area contributed by atoms with Crippen LogP contribution in [0.3, 0.4) is 0 Å². The lowest BCUT2D eigenvalue weighted by molar-refractivity contribution is -0.122. The Bertz CT molecular complexity index is 439. The Morgan fingerprint density at radius 1 is 1.24 bits per heavy atom. The van der Waals surface area contributed by atoms with Gasteiger partial charge in [0.2, 0.25) is 5.91 Å². The van der Waals surface area contributed by atoms with Crippen LogP contribution in [0.15, 0.2) is 30.3 Å². The predicted molar refractivity (Wildman–Crippen MR) is 86.4 cm³/mol. The van der Waals surface area contributed by atoms with Crippen LogP contribution < -0.4 is 10.6 Å². The molecule has 0 aliphatic carbocycles. The molecule has 2 rings (SSSR count). The van der Waals surface area contributed by atoms with Crippen molar-refractivity contribution >= 4 is 5.91 Å². The van der Waals surface area contributed by atoms with E-state index in [9.17, 15) is 4.79 Å². The molecule has 1 heterocycles. The highest BCUT2D eigenvalue weighted by Gasteiger charge is 2.23. The van der Waals surface area contributed by atoms with Gasteiger partial charge in [-0.05, 0) is 11.0 Å². The van der Waals surface area contributed by atoms with Gasteiger partial charge in [-0.3, -0.25) is 9.69 Å². The first-order chi connectivity index (χ1) is 10.1. The minimum absolute atomic E-state index is 0.125. The standard InChI is InChI=1S/C17H27N3O/c1-17(2,15-6-4-3-5-7-15)14-16(21)19-10-13-20-11-8-18-9-12-20/h3-7,18H,8-14H2,1-2H3,(H,19,21). The fraction of sp³-hybridized carbons (Fsp3) is 0.588. The number of rotatable bonds is 6. The summed E-state index contributed by atoms with van der Waals surface area (Å²) in [5.74, 6) is 0.138. The highest BCUT2D eigenvalue weighted by atomic mass is 16.1. The van der Waals surface area contributed by atoms with E-state index in [0.717, 1.165) is 39.3 Å². The van der Waals surface area contributed by atoms with Crippen molar-refractivity contribution in [1.82, 2.24) is 15.5 Å². The topological polar surface area (TPSA) is 44.4 Å². The molecular formula is C17H27N3O. The summed E-state index contributed by atoms with van der Waals surface area (Å²) in [5, 5.41) is 6.39. The van der Waals surface area contributed by atoms with E-state index in [1.807, 2.05) is 18.2 Å². The Morgan fingerprint density at radius 3 is 2.57 bits per heavy atom. The zero-order valence-corrected chi connectivity index (χ0v) is 13.2. The molecule has 1 fully saturated rings. The quantitative estimate of drug-likeness (QED) is 0.831. The Morgan fingerprint density at radius 2 is 1.90 bits per heavy atom. The van der Waals surface area contributed by atoms with E-state index in [1.165, 1.54) is 5.56 Å². The Hall–Kier alpha value is -1.39. The van der Waals surface area contributed by atoms with Crippen molar-refractivity contribution in [3.8, 4) is 0 Å². The number of nitrogens with zero attached hydrogens (tertiary/aromatic N) is 1. The second-order valence-corrected chi connectivity index (χ2v) is 6.37. The van der Waals surface area contributed by atoms with E-state index < -0.39 is 0 Å². The first-order valence-electron chi connectivity index (χ1n) is 7.83. The molecular weight excluding hydrogens is 262 g/mol. The van der Waals surface area contributed by atoms with Gasteiger partial charge in [0.15, 0.2) is 0 Å². The lowest BCUT2D eigenvalue weighted by Crippen LogP contribution is -2.46. The van der Waals surface area contributed by atoms with Crippen LogP contribution in [0.2, 0.25) is 0 Å². The molecule has 0 bridgehead atoms. The zero-order chi connectivity index (χ0) is 15.1. The highest BCUT2D eigenvalue weighted by Crippen LogP contribution is 2.26.